The van der Waals surface area contributed by atoms with E-state index in [4.69, 9.17) is 0 Å². The minimum Gasteiger partial charge on any atom is -0.252 e. The van der Waals surface area contributed by atoms with E-state index in [1.165, 1.54) is 6.92 Å². The zero-order chi connectivity index (χ0) is 17.3. The van der Waals surface area contributed by atoms with Crippen molar-refractivity contribution < 1.29 is 26.3 Å². The monoisotopic (exact) mass is 331 g/mol. The quantitative estimate of drug-likeness (QED) is 0.482. The fourth-order valence-corrected chi connectivity index (χ4v) is 1.96. The Hall–Kier alpha value is -2.31. The molecule has 0 amide bonds. The fourth-order valence-electron chi connectivity index (χ4n) is 1.96. The first kappa shape index (κ1) is 17.1. The molecule has 2 aromatic carbocycles. The molecule has 0 aliphatic heterocycles. The highest BCUT2D eigenvalue weighted by Crippen LogP contribution is 2.40. The SMILES string of the molecule is CC(=Nc1cc(C(F)(F)F)ccc1C(F)(F)F)c1ccccc1. The van der Waals surface area contributed by atoms with Gasteiger partial charge in [0.15, 0.2) is 0 Å². The van der Waals surface area contributed by atoms with Gasteiger partial charge in [0, 0.05) is 5.71 Å². The number of hydrogen-bond donors (Lipinski definition) is 0. The lowest BCUT2D eigenvalue weighted by molar-refractivity contribution is -0.140. The highest BCUT2D eigenvalue weighted by molar-refractivity contribution is 6.00. The molecule has 0 unspecified atom stereocenters. The van der Waals surface area contributed by atoms with Gasteiger partial charge >= 0.3 is 12.4 Å². The third-order valence-corrected chi connectivity index (χ3v) is 3.11. The van der Waals surface area contributed by atoms with Gasteiger partial charge in [-0.15, -0.1) is 0 Å². The Morgan fingerprint density at radius 1 is 0.826 bits per heavy atom. The van der Waals surface area contributed by atoms with Crippen LogP contribution in [-0.2, 0) is 12.4 Å². The van der Waals surface area contributed by atoms with Gasteiger partial charge in [-0.25, -0.2) is 0 Å². The van der Waals surface area contributed by atoms with Gasteiger partial charge in [-0.1, -0.05) is 30.3 Å². The van der Waals surface area contributed by atoms with E-state index in [9.17, 15) is 26.3 Å². The number of hydrogen-bond acceptors (Lipinski definition) is 1. The maximum atomic E-state index is 13.0. The van der Waals surface area contributed by atoms with Crippen molar-refractivity contribution in [2.24, 2.45) is 4.99 Å². The molecule has 0 spiro atoms. The van der Waals surface area contributed by atoms with Crippen molar-refractivity contribution in [2.45, 2.75) is 19.3 Å². The molecular weight excluding hydrogens is 320 g/mol. The number of aliphatic imine (C=N–C) groups is 1. The molecule has 0 aliphatic rings. The summed E-state index contributed by atoms with van der Waals surface area (Å²) in [5.74, 6) is 0. The fraction of sp³-hybridized carbons (Fsp3) is 0.188. The topological polar surface area (TPSA) is 12.4 Å². The van der Waals surface area contributed by atoms with E-state index in [-0.39, 0.29) is 5.71 Å². The molecule has 7 heteroatoms. The molecule has 0 atom stereocenters. The molecule has 0 bridgehead atoms. The molecule has 0 radical (unpaired) electrons. The lowest BCUT2D eigenvalue weighted by Crippen LogP contribution is -2.09. The van der Waals surface area contributed by atoms with E-state index >= 15 is 0 Å². The van der Waals surface area contributed by atoms with E-state index in [1.54, 1.807) is 30.3 Å². The number of nitrogens with zero attached hydrogens (tertiary/aromatic N) is 1. The molecular formula is C16H11F6N. The molecule has 0 aliphatic carbocycles. The summed E-state index contributed by atoms with van der Waals surface area (Å²) in [6.07, 6.45) is -9.53. The Morgan fingerprint density at radius 3 is 1.96 bits per heavy atom. The maximum absolute atomic E-state index is 13.0. The smallest absolute Gasteiger partial charge is 0.252 e. The Labute approximate surface area is 128 Å². The van der Waals surface area contributed by atoms with Crippen molar-refractivity contribution in [3.63, 3.8) is 0 Å². The molecule has 0 saturated heterocycles. The number of benzene rings is 2. The number of rotatable bonds is 2. The van der Waals surface area contributed by atoms with Gasteiger partial charge in [0.2, 0.25) is 0 Å². The zero-order valence-corrected chi connectivity index (χ0v) is 11.8. The van der Waals surface area contributed by atoms with Gasteiger partial charge in [0.1, 0.15) is 0 Å². The first-order chi connectivity index (χ1) is 10.6. The van der Waals surface area contributed by atoms with Crippen LogP contribution in [0.4, 0.5) is 32.0 Å². The third kappa shape index (κ3) is 4.12. The standard InChI is InChI=1S/C16H11F6N/c1-10(11-5-3-2-4-6-11)23-14-9-12(15(17,18)19)7-8-13(14)16(20,21)22/h2-9H,1H3. The van der Waals surface area contributed by atoms with Crippen molar-refractivity contribution in [1.29, 1.82) is 0 Å². The first-order valence-corrected chi connectivity index (χ1v) is 6.48. The second-order valence-electron chi connectivity index (χ2n) is 4.79. The highest BCUT2D eigenvalue weighted by atomic mass is 19.4. The van der Waals surface area contributed by atoms with E-state index in [2.05, 4.69) is 4.99 Å². The predicted octanol–water partition coefficient (Wildman–Crippen LogP) is 5.86. The number of halogens is 6. The Bertz CT molecular complexity index is 714. The van der Waals surface area contributed by atoms with Gasteiger partial charge in [-0.3, -0.25) is 4.99 Å². The van der Waals surface area contributed by atoms with Gasteiger partial charge in [-0.2, -0.15) is 26.3 Å². The lowest BCUT2D eigenvalue weighted by atomic mass is 10.1. The molecule has 2 aromatic rings. The Balaban J connectivity index is 2.58. The maximum Gasteiger partial charge on any atom is 0.418 e. The van der Waals surface area contributed by atoms with Crippen LogP contribution < -0.4 is 0 Å². The molecule has 1 nitrogen and oxygen atoms in total. The second-order valence-corrected chi connectivity index (χ2v) is 4.79. The summed E-state index contributed by atoms with van der Waals surface area (Å²) >= 11 is 0. The van der Waals surface area contributed by atoms with E-state index in [0.717, 1.165) is 0 Å². The van der Waals surface area contributed by atoms with Gasteiger partial charge in [0.05, 0.1) is 16.8 Å². The molecule has 23 heavy (non-hydrogen) atoms. The van der Waals surface area contributed by atoms with Crippen LogP contribution in [0.25, 0.3) is 0 Å². The van der Waals surface area contributed by atoms with Crippen LogP contribution in [0.3, 0.4) is 0 Å². The summed E-state index contributed by atoms with van der Waals surface area (Å²) in [5, 5.41) is 0. The van der Waals surface area contributed by atoms with Crippen LogP contribution in [0.1, 0.15) is 23.6 Å². The minimum atomic E-state index is -4.79. The normalized spacial score (nSPS) is 13.3. The Morgan fingerprint density at radius 2 is 1.43 bits per heavy atom. The molecule has 0 N–H and O–H groups in total. The first-order valence-electron chi connectivity index (χ1n) is 6.48. The van der Waals surface area contributed by atoms with Gasteiger partial charge < -0.3 is 0 Å². The minimum absolute atomic E-state index is 0.190. The molecule has 2 rings (SSSR count). The van der Waals surface area contributed by atoms with E-state index in [0.29, 0.717) is 23.8 Å². The molecule has 0 heterocycles. The summed E-state index contributed by atoms with van der Waals surface area (Å²) in [6, 6.07) is 9.47. The summed E-state index contributed by atoms with van der Waals surface area (Å²) in [7, 11) is 0. The molecule has 0 saturated carbocycles. The van der Waals surface area contributed by atoms with Crippen LogP contribution in [0.2, 0.25) is 0 Å². The molecule has 0 aromatic heterocycles. The Kier molecular flexibility index (Phi) is 4.49. The lowest BCUT2D eigenvalue weighted by Gasteiger charge is -2.14. The second kappa shape index (κ2) is 6.06. The summed E-state index contributed by atoms with van der Waals surface area (Å²) < 4.78 is 77.1. The van der Waals surface area contributed by atoms with Crippen molar-refractivity contribution in [3.05, 3.63) is 65.2 Å². The summed E-state index contributed by atoms with van der Waals surface area (Å²) in [5.41, 5.74) is -2.42. The van der Waals surface area contributed by atoms with Crippen molar-refractivity contribution in [1.82, 2.24) is 0 Å². The molecule has 0 fully saturated rings. The largest absolute Gasteiger partial charge is 0.418 e. The van der Waals surface area contributed by atoms with E-state index in [1.807, 2.05) is 0 Å². The van der Waals surface area contributed by atoms with Crippen molar-refractivity contribution >= 4 is 11.4 Å². The van der Waals surface area contributed by atoms with Crippen molar-refractivity contribution in [3.8, 4) is 0 Å². The van der Waals surface area contributed by atoms with Crippen LogP contribution in [0, 0.1) is 0 Å². The van der Waals surface area contributed by atoms with Gasteiger partial charge in [-0.05, 0) is 30.7 Å². The summed E-state index contributed by atoms with van der Waals surface area (Å²) in [6.45, 7) is 1.44. The average molecular weight is 331 g/mol. The number of alkyl halides is 6. The van der Waals surface area contributed by atoms with Crippen LogP contribution in [0.5, 0.6) is 0 Å². The molecule has 122 valence electrons. The predicted molar refractivity (Wildman–Crippen MR) is 74.8 cm³/mol. The van der Waals surface area contributed by atoms with Crippen LogP contribution in [0.15, 0.2) is 53.5 Å². The van der Waals surface area contributed by atoms with Crippen LogP contribution >= 0.6 is 0 Å². The third-order valence-electron chi connectivity index (χ3n) is 3.11. The highest BCUT2D eigenvalue weighted by Gasteiger charge is 2.37. The van der Waals surface area contributed by atoms with Crippen LogP contribution in [-0.4, -0.2) is 5.71 Å². The average Bonchev–Trinajstić information content (AvgIpc) is 2.46. The van der Waals surface area contributed by atoms with Gasteiger partial charge in [0.25, 0.3) is 0 Å². The zero-order valence-electron chi connectivity index (χ0n) is 11.8. The summed E-state index contributed by atoms with van der Waals surface area (Å²) in [4.78, 5) is 3.77. The van der Waals surface area contributed by atoms with E-state index < -0.39 is 29.2 Å². The van der Waals surface area contributed by atoms with Crippen molar-refractivity contribution in [2.75, 3.05) is 0 Å².